The van der Waals surface area contributed by atoms with Gasteiger partial charge in [0.15, 0.2) is 0 Å². The minimum atomic E-state index is 0.628. The maximum atomic E-state index is 5.61. The Hall–Kier alpha value is -2.23. The summed E-state index contributed by atoms with van der Waals surface area (Å²) in [6.45, 7) is 4.30. The average molecular weight is 257 g/mol. The molecule has 0 radical (unpaired) electrons. The fraction of sp³-hybridized carbons (Fsp3) is 0.267. The topological polar surface area (TPSA) is 46.2 Å². The minimum absolute atomic E-state index is 0.628. The van der Waals surface area contributed by atoms with Gasteiger partial charge in [-0.05, 0) is 25.1 Å². The second kappa shape index (κ2) is 7.26. The van der Waals surface area contributed by atoms with Gasteiger partial charge in [0.25, 0.3) is 0 Å². The molecule has 0 atom stereocenters. The molecule has 0 amide bonds. The Bertz CT molecular complexity index is 488. The van der Waals surface area contributed by atoms with E-state index < -0.39 is 0 Å². The van der Waals surface area contributed by atoms with Crippen LogP contribution in [0.1, 0.15) is 6.92 Å². The zero-order chi connectivity index (χ0) is 13.3. The lowest BCUT2D eigenvalue weighted by Crippen LogP contribution is -2.11. The van der Waals surface area contributed by atoms with Crippen molar-refractivity contribution >= 4 is 11.5 Å². The number of hydrogen-bond acceptors (Lipinski definition) is 4. The fourth-order valence-corrected chi connectivity index (χ4v) is 1.70. The maximum Gasteiger partial charge on any atom is 0.127 e. The Morgan fingerprint density at radius 3 is 2.74 bits per heavy atom. The molecule has 0 aliphatic carbocycles. The normalized spacial score (nSPS) is 9.95. The molecule has 0 fully saturated rings. The zero-order valence-corrected chi connectivity index (χ0v) is 11.1. The highest BCUT2D eigenvalue weighted by Gasteiger charge is 1.96. The van der Waals surface area contributed by atoms with E-state index in [4.69, 9.17) is 4.74 Å². The molecule has 1 heterocycles. The molecule has 2 rings (SSSR count). The average Bonchev–Trinajstić information content (AvgIpc) is 2.46. The Labute approximate surface area is 113 Å². The number of para-hydroxylation sites is 1. The first-order valence-corrected chi connectivity index (χ1v) is 6.50. The highest BCUT2D eigenvalue weighted by molar-refractivity contribution is 5.51. The number of pyridine rings is 1. The van der Waals surface area contributed by atoms with Crippen LogP contribution in [-0.2, 0) is 0 Å². The predicted molar refractivity (Wildman–Crippen MR) is 78.8 cm³/mol. The number of ether oxygens (including phenoxy) is 1. The third-order valence-corrected chi connectivity index (χ3v) is 2.56. The standard InChI is InChI=1S/C15H19N3O/c1-2-16-15-12-13(8-9-18-15)17-10-11-19-14-6-4-3-5-7-14/h3-9,12H,2,10-11H2,1H3,(H2,16,17,18). The number of benzene rings is 1. The van der Waals surface area contributed by atoms with E-state index in [-0.39, 0.29) is 0 Å². The van der Waals surface area contributed by atoms with Crippen molar-refractivity contribution in [1.29, 1.82) is 0 Å². The van der Waals surface area contributed by atoms with Crippen LogP contribution in [0.2, 0.25) is 0 Å². The Kier molecular flexibility index (Phi) is 5.05. The molecule has 1 aromatic carbocycles. The summed E-state index contributed by atoms with van der Waals surface area (Å²) in [5, 5.41) is 6.49. The summed E-state index contributed by atoms with van der Waals surface area (Å²) in [4.78, 5) is 4.22. The van der Waals surface area contributed by atoms with Gasteiger partial charge in [0.2, 0.25) is 0 Å². The van der Waals surface area contributed by atoms with E-state index in [0.29, 0.717) is 6.61 Å². The van der Waals surface area contributed by atoms with Crippen molar-refractivity contribution in [1.82, 2.24) is 4.98 Å². The third kappa shape index (κ3) is 4.50. The van der Waals surface area contributed by atoms with Crippen molar-refractivity contribution in [3.05, 3.63) is 48.7 Å². The molecule has 1 aromatic heterocycles. The van der Waals surface area contributed by atoms with Gasteiger partial charge in [-0.25, -0.2) is 4.98 Å². The van der Waals surface area contributed by atoms with Crippen LogP contribution in [0.4, 0.5) is 11.5 Å². The van der Waals surface area contributed by atoms with Gasteiger partial charge in [0, 0.05) is 31.0 Å². The summed E-state index contributed by atoms with van der Waals surface area (Å²) in [6, 6.07) is 13.8. The van der Waals surface area contributed by atoms with E-state index in [1.165, 1.54) is 0 Å². The van der Waals surface area contributed by atoms with Crippen molar-refractivity contribution in [2.45, 2.75) is 6.92 Å². The van der Waals surface area contributed by atoms with Crippen LogP contribution in [0.15, 0.2) is 48.7 Å². The first-order valence-electron chi connectivity index (χ1n) is 6.50. The molecule has 0 unspecified atom stereocenters. The number of rotatable bonds is 7. The SMILES string of the molecule is CCNc1cc(NCCOc2ccccc2)ccn1. The van der Waals surface area contributed by atoms with Crippen molar-refractivity contribution < 1.29 is 4.74 Å². The van der Waals surface area contributed by atoms with E-state index in [1.54, 1.807) is 6.20 Å². The van der Waals surface area contributed by atoms with E-state index in [2.05, 4.69) is 22.5 Å². The quantitative estimate of drug-likeness (QED) is 0.748. The van der Waals surface area contributed by atoms with Crippen molar-refractivity contribution in [3.8, 4) is 5.75 Å². The molecular weight excluding hydrogens is 238 g/mol. The third-order valence-electron chi connectivity index (χ3n) is 2.56. The van der Waals surface area contributed by atoms with E-state index in [1.807, 2.05) is 42.5 Å². The Morgan fingerprint density at radius 1 is 1.11 bits per heavy atom. The van der Waals surface area contributed by atoms with Gasteiger partial charge in [0.05, 0.1) is 0 Å². The largest absolute Gasteiger partial charge is 0.492 e. The monoisotopic (exact) mass is 257 g/mol. The van der Waals surface area contributed by atoms with Crippen LogP contribution >= 0.6 is 0 Å². The molecule has 0 saturated heterocycles. The van der Waals surface area contributed by atoms with Gasteiger partial charge < -0.3 is 15.4 Å². The molecule has 2 aromatic rings. The van der Waals surface area contributed by atoms with Crippen molar-refractivity contribution in [2.75, 3.05) is 30.3 Å². The van der Waals surface area contributed by atoms with Crippen LogP contribution in [0.5, 0.6) is 5.75 Å². The lowest BCUT2D eigenvalue weighted by molar-refractivity contribution is 0.333. The molecule has 0 aliphatic rings. The lowest BCUT2D eigenvalue weighted by atomic mass is 10.3. The van der Waals surface area contributed by atoms with Crippen LogP contribution in [0.3, 0.4) is 0 Å². The number of aromatic nitrogens is 1. The summed E-state index contributed by atoms with van der Waals surface area (Å²) in [6.07, 6.45) is 1.79. The summed E-state index contributed by atoms with van der Waals surface area (Å²) < 4.78 is 5.61. The number of nitrogens with zero attached hydrogens (tertiary/aromatic N) is 1. The van der Waals surface area contributed by atoms with Gasteiger partial charge >= 0.3 is 0 Å². The lowest BCUT2D eigenvalue weighted by Gasteiger charge is -2.09. The van der Waals surface area contributed by atoms with Crippen LogP contribution < -0.4 is 15.4 Å². The molecule has 0 saturated carbocycles. The Balaban J connectivity index is 1.75. The summed E-state index contributed by atoms with van der Waals surface area (Å²) in [5.41, 5.74) is 1.04. The molecule has 100 valence electrons. The molecule has 4 nitrogen and oxygen atoms in total. The first-order chi connectivity index (χ1) is 9.38. The second-order valence-corrected chi connectivity index (χ2v) is 4.05. The highest BCUT2D eigenvalue weighted by atomic mass is 16.5. The molecule has 2 N–H and O–H groups in total. The minimum Gasteiger partial charge on any atom is -0.492 e. The van der Waals surface area contributed by atoms with Gasteiger partial charge in [-0.2, -0.15) is 0 Å². The second-order valence-electron chi connectivity index (χ2n) is 4.05. The molecule has 4 heteroatoms. The summed E-state index contributed by atoms with van der Waals surface area (Å²) in [7, 11) is 0. The van der Waals surface area contributed by atoms with Gasteiger partial charge in [-0.3, -0.25) is 0 Å². The van der Waals surface area contributed by atoms with E-state index in [0.717, 1.165) is 30.3 Å². The molecule has 19 heavy (non-hydrogen) atoms. The van der Waals surface area contributed by atoms with E-state index in [9.17, 15) is 0 Å². The van der Waals surface area contributed by atoms with Crippen LogP contribution in [-0.4, -0.2) is 24.7 Å². The van der Waals surface area contributed by atoms with Gasteiger partial charge in [-0.15, -0.1) is 0 Å². The first kappa shape index (κ1) is 13.2. The highest BCUT2D eigenvalue weighted by Crippen LogP contribution is 2.12. The van der Waals surface area contributed by atoms with E-state index >= 15 is 0 Å². The van der Waals surface area contributed by atoms with Crippen molar-refractivity contribution in [3.63, 3.8) is 0 Å². The molecule has 0 aliphatic heterocycles. The predicted octanol–water partition coefficient (Wildman–Crippen LogP) is 3.00. The van der Waals surface area contributed by atoms with Crippen molar-refractivity contribution in [2.24, 2.45) is 0 Å². The number of hydrogen-bond donors (Lipinski definition) is 2. The summed E-state index contributed by atoms with van der Waals surface area (Å²) >= 11 is 0. The smallest absolute Gasteiger partial charge is 0.127 e. The maximum absolute atomic E-state index is 5.61. The Morgan fingerprint density at radius 2 is 1.95 bits per heavy atom. The number of anilines is 2. The van der Waals surface area contributed by atoms with Gasteiger partial charge in [0.1, 0.15) is 18.2 Å². The summed E-state index contributed by atoms with van der Waals surface area (Å²) in [5.74, 6) is 1.78. The van der Waals surface area contributed by atoms with Crippen LogP contribution in [0, 0.1) is 0 Å². The molecular formula is C15H19N3O. The fourth-order valence-electron chi connectivity index (χ4n) is 1.70. The molecule has 0 spiro atoms. The van der Waals surface area contributed by atoms with Gasteiger partial charge in [-0.1, -0.05) is 18.2 Å². The van der Waals surface area contributed by atoms with Crippen LogP contribution in [0.25, 0.3) is 0 Å². The molecule has 0 bridgehead atoms. The number of nitrogens with one attached hydrogen (secondary N) is 2. The zero-order valence-electron chi connectivity index (χ0n) is 11.1.